The SMILES string of the molecule is COCCNc1nc(N)c(C(=O)NC2CC(O)C2(C)C)s1. The number of nitrogens with zero attached hydrogens (tertiary/aromatic N) is 1. The first-order valence-corrected chi connectivity index (χ1v) is 7.66. The van der Waals surface area contributed by atoms with Crippen molar-refractivity contribution >= 4 is 28.2 Å². The molecule has 0 bridgehead atoms. The lowest BCUT2D eigenvalue weighted by molar-refractivity contribution is -0.0689. The molecule has 8 heteroatoms. The van der Waals surface area contributed by atoms with Gasteiger partial charge in [-0.15, -0.1) is 0 Å². The maximum atomic E-state index is 12.3. The minimum absolute atomic E-state index is 0.0496. The molecule has 0 saturated heterocycles. The molecule has 1 saturated carbocycles. The number of nitrogens with two attached hydrogens (primary N) is 1. The molecule has 118 valence electrons. The molecule has 5 N–H and O–H groups in total. The van der Waals surface area contributed by atoms with E-state index in [9.17, 15) is 9.90 Å². The van der Waals surface area contributed by atoms with E-state index in [1.54, 1.807) is 7.11 Å². The zero-order chi connectivity index (χ0) is 15.6. The number of amides is 1. The van der Waals surface area contributed by atoms with Crippen molar-refractivity contribution in [3.05, 3.63) is 4.88 Å². The number of nitrogens with one attached hydrogen (secondary N) is 2. The lowest BCUT2D eigenvalue weighted by Gasteiger charge is -2.49. The Labute approximate surface area is 127 Å². The van der Waals surface area contributed by atoms with Crippen LogP contribution in [-0.2, 0) is 4.74 Å². The molecular formula is C13H22N4O3S. The van der Waals surface area contributed by atoms with E-state index >= 15 is 0 Å². The molecule has 21 heavy (non-hydrogen) atoms. The molecule has 1 heterocycles. The maximum Gasteiger partial charge on any atom is 0.265 e. The van der Waals surface area contributed by atoms with Gasteiger partial charge in [0.05, 0.1) is 12.7 Å². The number of ether oxygens (including phenoxy) is 1. The third kappa shape index (κ3) is 3.28. The highest BCUT2D eigenvalue weighted by Crippen LogP contribution is 2.40. The van der Waals surface area contributed by atoms with E-state index in [1.807, 2.05) is 13.8 Å². The Hall–Kier alpha value is -1.38. The highest BCUT2D eigenvalue weighted by atomic mass is 32.1. The zero-order valence-corrected chi connectivity index (χ0v) is 13.3. The van der Waals surface area contributed by atoms with Gasteiger partial charge in [-0.3, -0.25) is 4.79 Å². The van der Waals surface area contributed by atoms with Gasteiger partial charge in [0, 0.05) is 25.1 Å². The highest BCUT2D eigenvalue weighted by molar-refractivity contribution is 7.18. The van der Waals surface area contributed by atoms with E-state index in [2.05, 4.69) is 15.6 Å². The first kappa shape index (κ1) is 16.0. The summed E-state index contributed by atoms with van der Waals surface area (Å²) in [5.41, 5.74) is 5.48. The Bertz CT molecular complexity index is 518. The van der Waals surface area contributed by atoms with E-state index in [0.29, 0.717) is 29.6 Å². The van der Waals surface area contributed by atoms with Gasteiger partial charge in [-0.1, -0.05) is 25.2 Å². The quantitative estimate of drug-likeness (QED) is 0.575. The maximum absolute atomic E-state index is 12.3. The van der Waals surface area contributed by atoms with Gasteiger partial charge in [0.2, 0.25) is 0 Å². The summed E-state index contributed by atoms with van der Waals surface area (Å²) in [4.78, 5) is 16.8. The Kier molecular flexibility index (Phi) is 4.70. The summed E-state index contributed by atoms with van der Waals surface area (Å²) in [5.74, 6) is -0.0233. The van der Waals surface area contributed by atoms with Crippen LogP contribution in [0, 0.1) is 5.41 Å². The van der Waals surface area contributed by atoms with Gasteiger partial charge in [0.15, 0.2) is 5.13 Å². The summed E-state index contributed by atoms with van der Waals surface area (Å²) in [5, 5.41) is 16.3. The van der Waals surface area contributed by atoms with Crippen LogP contribution in [0.3, 0.4) is 0 Å². The molecule has 0 spiro atoms. The summed E-state index contributed by atoms with van der Waals surface area (Å²) in [6.07, 6.45) is 0.184. The topological polar surface area (TPSA) is 110 Å². The van der Waals surface area contributed by atoms with Gasteiger partial charge in [-0.25, -0.2) is 4.98 Å². The largest absolute Gasteiger partial charge is 0.392 e. The van der Waals surface area contributed by atoms with E-state index in [4.69, 9.17) is 10.5 Å². The Balaban J connectivity index is 1.96. The van der Waals surface area contributed by atoms with Crippen molar-refractivity contribution in [3.8, 4) is 0 Å². The number of nitrogen functional groups attached to an aromatic ring is 1. The normalized spacial score (nSPS) is 23.4. The minimum atomic E-state index is -0.382. The van der Waals surface area contributed by atoms with E-state index in [0.717, 1.165) is 0 Å². The van der Waals surface area contributed by atoms with Gasteiger partial charge in [-0.05, 0) is 6.42 Å². The Morgan fingerprint density at radius 1 is 1.62 bits per heavy atom. The molecule has 7 nitrogen and oxygen atoms in total. The molecule has 1 aromatic heterocycles. The van der Waals surface area contributed by atoms with E-state index in [1.165, 1.54) is 11.3 Å². The van der Waals surface area contributed by atoms with E-state index < -0.39 is 0 Å². The van der Waals surface area contributed by atoms with E-state index in [-0.39, 0.29) is 29.3 Å². The molecule has 0 aliphatic heterocycles. The number of aliphatic hydroxyl groups excluding tert-OH is 1. The second-order valence-corrected chi connectivity index (χ2v) is 6.75. The van der Waals surface area contributed by atoms with Gasteiger partial charge < -0.3 is 26.2 Å². The van der Waals surface area contributed by atoms with Crippen molar-refractivity contribution in [1.82, 2.24) is 10.3 Å². The minimum Gasteiger partial charge on any atom is -0.392 e. The number of hydrogen-bond donors (Lipinski definition) is 4. The van der Waals surface area contributed by atoms with Crippen LogP contribution in [0.25, 0.3) is 0 Å². The van der Waals surface area contributed by atoms with Crippen molar-refractivity contribution in [2.45, 2.75) is 32.4 Å². The van der Waals surface area contributed by atoms with Crippen molar-refractivity contribution in [2.24, 2.45) is 5.41 Å². The van der Waals surface area contributed by atoms with Crippen molar-refractivity contribution in [2.75, 3.05) is 31.3 Å². The van der Waals surface area contributed by atoms with Crippen molar-refractivity contribution in [1.29, 1.82) is 0 Å². The average molecular weight is 314 g/mol. The molecule has 1 aromatic rings. The molecule has 2 atom stereocenters. The molecule has 1 amide bonds. The van der Waals surface area contributed by atoms with Crippen LogP contribution in [0.15, 0.2) is 0 Å². The number of carbonyl (C=O) groups excluding carboxylic acids is 1. The predicted molar refractivity (Wildman–Crippen MR) is 82.6 cm³/mol. The highest BCUT2D eigenvalue weighted by Gasteiger charge is 2.48. The van der Waals surface area contributed by atoms with Crippen LogP contribution in [0.1, 0.15) is 29.9 Å². The molecule has 1 aliphatic rings. The monoisotopic (exact) mass is 314 g/mol. The summed E-state index contributed by atoms with van der Waals surface area (Å²) >= 11 is 1.22. The Morgan fingerprint density at radius 3 is 2.90 bits per heavy atom. The summed E-state index contributed by atoms with van der Waals surface area (Å²) in [6.45, 7) is 5.02. The van der Waals surface area contributed by atoms with Crippen LogP contribution in [0.4, 0.5) is 10.9 Å². The lowest BCUT2D eigenvalue weighted by atomic mass is 9.64. The summed E-state index contributed by atoms with van der Waals surface area (Å²) in [7, 11) is 1.62. The van der Waals surface area contributed by atoms with Crippen LogP contribution in [-0.4, -0.2) is 48.4 Å². The van der Waals surface area contributed by atoms with Gasteiger partial charge in [-0.2, -0.15) is 0 Å². The fourth-order valence-corrected chi connectivity index (χ4v) is 3.01. The van der Waals surface area contributed by atoms with Crippen LogP contribution in [0.2, 0.25) is 0 Å². The number of hydrogen-bond acceptors (Lipinski definition) is 7. The molecule has 1 fully saturated rings. The third-order valence-electron chi connectivity index (χ3n) is 3.96. The van der Waals surface area contributed by atoms with Crippen molar-refractivity contribution in [3.63, 3.8) is 0 Å². The molecule has 2 rings (SSSR count). The number of aromatic nitrogens is 1. The van der Waals surface area contributed by atoms with Crippen molar-refractivity contribution < 1.29 is 14.6 Å². The molecule has 0 aromatic carbocycles. The first-order chi connectivity index (χ1) is 9.86. The van der Waals surface area contributed by atoms with Gasteiger partial charge in [0.25, 0.3) is 5.91 Å². The number of methoxy groups -OCH3 is 1. The second-order valence-electron chi connectivity index (χ2n) is 5.75. The standard InChI is InChI=1S/C13H22N4O3S/c1-13(2)7(6-8(13)18)16-11(19)9-10(14)17-12(21-9)15-4-5-20-3/h7-8,18H,4-6,14H2,1-3H3,(H,15,17)(H,16,19). The molecule has 0 radical (unpaired) electrons. The average Bonchev–Trinajstić information content (AvgIpc) is 2.80. The number of carbonyl (C=O) groups is 1. The molecule has 2 unspecified atom stereocenters. The predicted octanol–water partition coefficient (Wildman–Crippen LogP) is 0.673. The third-order valence-corrected chi connectivity index (χ3v) is 4.99. The fourth-order valence-electron chi connectivity index (χ4n) is 2.20. The second kappa shape index (κ2) is 6.17. The number of thiazole rings is 1. The molecule has 1 aliphatic carbocycles. The lowest BCUT2D eigenvalue weighted by Crippen LogP contribution is -2.61. The summed E-state index contributed by atoms with van der Waals surface area (Å²) in [6, 6.07) is -0.0496. The molecular weight excluding hydrogens is 292 g/mol. The first-order valence-electron chi connectivity index (χ1n) is 6.84. The summed E-state index contributed by atoms with van der Waals surface area (Å²) < 4.78 is 4.94. The number of rotatable bonds is 6. The Morgan fingerprint density at radius 2 is 2.33 bits per heavy atom. The number of aliphatic hydroxyl groups is 1. The van der Waals surface area contributed by atoms with Crippen LogP contribution >= 0.6 is 11.3 Å². The smallest absolute Gasteiger partial charge is 0.265 e. The van der Waals surface area contributed by atoms with Gasteiger partial charge >= 0.3 is 0 Å². The van der Waals surface area contributed by atoms with Crippen LogP contribution in [0.5, 0.6) is 0 Å². The van der Waals surface area contributed by atoms with Crippen LogP contribution < -0.4 is 16.4 Å². The fraction of sp³-hybridized carbons (Fsp3) is 0.692. The zero-order valence-electron chi connectivity index (χ0n) is 12.5. The van der Waals surface area contributed by atoms with Gasteiger partial charge in [0.1, 0.15) is 10.7 Å². The number of anilines is 2.